The van der Waals surface area contributed by atoms with Crippen LogP contribution in [0.15, 0.2) is 42.5 Å². The van der Waals surface area contributed by atoms with Gasteiger partial charge >= 0.3 is 0 Å². The Balaban J connectivity index is 2.47. The second kappa shape index (κ2) is 5.54. The van der Waals surface area contributed by atoms with Gasteiger partial charge in [-0.1, -0.05) is 17.7 Å². The summed E-state index contributed by atoms with van der Waals surface area (Å²) in [6.45, 7) is 1.56. The van der Waals surface area contributed by atoms with E-state index in [1.54, 1.807) is 31.2 Å². The molecule has 21 heavy (non-hydrogen) atoms. The number of benzene rings is 2. The zero-order valence-corrected chi connectivity index (χ0v) is 12.1. The van der Waals surface area contributed by atoms with Crippen molar-refractivity contribution in [2.45, 2.75) is 12.5 Å². The summed E-state index contributed by atoms with van der Waals surface area (Å²) in [6, 6.07) is 10.7. The van der Waals surface area contributed by atoms with Crippen molar-refractivity contribution in [2.75, 3.05) is 5.32 Å². The zero-order chi connectivity index (χ0) is 15.6. The second-order valence-corrected chi connectivity index (χ2v) is 5.30. The molecule has 0 aromatic heterocycles. The molecule has 0 aliphatic carbocycles. The average molecular weight is 307 g/mol. The van der Waals surface area contributed by atoms with Gasteiger partial charge in [-0.25, -0.2) is 0 Å². The highest BCUT2D eigenvalue weighted by Gasteiger charge is 2.34. The fourth-order valence-electron chi connectivity index (χ4n) is 2.01. The number of nitrogens with two attached hydrogens (primary N) is 1. The van der Waals surface area contributed by atoms with E-state index in [9.17, 15) is 15.0 Å². The third-order valence-corrected chi connectivity index (χ3v) is 3.43. The van der Waals surface area contributed by atoms with Crippen molar-refractivity contribution in [1.82, 2.24) is 0 Å². The number of hydrogen-bond donors (Lipinski definition) is 4. The highest BCUT2D eigenvalue weighted by atomic mass is 35.5. The fraction of sp³-hybridized carbons (Fsp3) is 0.133. The molecule has 5 nitrogen and oxygen atoms in total. The molecular formula is C15H15ClN2O3. The molecule has 2 aromatic carbocycles. The van der Waals surface area contributed by atoms with Gasteiger partial charge in [0.25, 0.3) is 0 Å². The fourth-order valence-corrected chi connectivity index (χ4v) is 2.21. The van der Waals surface area contributed by atoms with Crippen molar-refractivity contribution in [3.05, 3.63) is 53.1 Å². The quantitative estimate of drug-likeness (QED) is 0.698. The molecule has 0 radical (unpaired) electrons. The predicted octanol–water partition coefficient (Wildman–Crippen LogP) is 2.56. The van der Waals surface area contributed by atoms with Gasteiger partial charge in [0.1, 0.15) is 17.0 Å². The van der Waals surface area contributed by atoms with Crippen molar-refractivity contribution >= 4 is 23.2 Å². The van der Waals surface area contributed by atoms with Crippen LogP contribution in [0.1, 0.15) is 12.5 Å². The lowest BCUT2D eigenvalue weighted by atomic mass is 9.90. The van der Waals surface area contributed by atoms with E-state index in [4.69, 9.17) is 17.3 Å². The van der Waals surface area contributed by atoms with Gasteiger partial charge < -0.3 is 21.3 Å². The van der Waals surface area contributed by atoms with Crippen LogP contribution in [0.5, 0.6) is 11.5 Å². The molecule has 0 fully saturated rings. The summed E-state index contributed by atoms with van der Waals surface area (Å²) < 4.78 is 0. The highest BCUT2D eigenvalue weighted by molar-refractivity contribution is 6.30. The van der Waals surface area contributed by atoms with Gasteiger partial charge in [-0.05, 0) is 42.8 Å². The standard InChI is InChI=1S/C15H15ClN2O3/c1-15(14(17)21,9-5-12(19)8-13(20)6-9)18-11-4-2-3-10(16)7-11/h2-8,18-20H,1H3,(H2,17,21). The zero-order valence-electron chi connectivity index (χ0n) is 11.3. The van der Waals surface area contributed by atoms with Crippen LogP contribution in [-0.4, -0.2) is 16.1 Å². The van der Waals surface area contributed by atoms with Crippen LogP contribution >= 0.6 is 11.6 Å². The number of aromatic hydroxyl groups is 2. The van der Waals surface area contributed by atoms with E-state index in [2.05, 4.69) is 5.32 Å². The van der Waals surface area contributed by atoms with Crippen molar-refractivity contribution < 1.29 is 15.0 Å². The van der Waals surface area contributed by atoms with Crippen LogP contribution < -0.4 is 11.1 Å². The van der Waals surface area contributed by atoms with Crippen LogP contribution in [0.25, 0.3) is 0 Å². The Kier molecular flexibility index (Phi) is 3.95. The summed E-state index contributed by atoms with van der Waals surface area (Å²) >= 11 is 5.91. The smallest absolute Gasteiger partial charge is 0.247 e. The number of nitrogens with one attached hydrogen (secondary N) is 1. The van der Waals surface area contributed by atoms with E-state index in [-0.39, 0.29) is 11.5 Å². The normalized spacial score (nSPS) is 13.4. The summed E-state index contributed by atoms with van der Waals surface area (Å²) in [7, 11) is 0. The molecular weight excluding hydrogens is 292 g/mol. The molecule has 0 bridgehead atoms. The predicted molar refractivity (Wildman–Crippen MR) is 81.4 cm³/mol. The third-order valence-electron chi connectivity index (χ3n) is 3.19. The summed E-state index contributed by atoms with van der Waals surface area (Å²) in [4.78, 5) is 11.9. The number of carbonyl (C=O) groups excluding carboxylic acids is 1. The van der Waals surface area contributed by atoms with Gasteiger partial charge in [0, 0.05) is 16.8 Å². The first kappa shape index (κ1) is 15.0. The molecule has 5 N–H and O–H groups in total. The Morgan fingerprint density at radius 2 is 1.81 bits per heavy atom. The lowest BCUT2D eigenvalue weighted by molar-refractivity contribution is -0.122. The molecule has 0 heterocycles. The topological polar surface area (TPSA) is 95.6 Å². The number of carbonyl (C=O) groups is 1. The number of anilines is 1. The van der Waals surface area contributed by atoms with E-state index in [1.807, 2.05) is 0 Å². The van der Waals surface area contributed by atoms with Gasteiger partial charge in [0.05, 0.1) is 0 Å². The number of primary amides is 1. The first-order valence-electron chi connectivity index (χ1n) is 6.18. The Morgan fingerprint density at radius 3 is 2.33 bits per heavy atom. The molecule has 2 rings (SSSR count). The van der Waals surface area contributed by atoms with Crippen LogP contribution in [0, 0.1) is 0 Å². The monoisotopic (exact) mass is 306 g/mol. The average Bonchev–Trinajstić information content (AvgIpc) is 2.37. The highest BCUT2D eigenvalue weighted by Crippen LogP contribution is 2.32. The number of rotatable bonds is 4. The van der Waals surface area contributed by atoms with Crippen LogP contribution in [0.3, 0.4) is 0 Å². The molecule has 1 unspecified atom stereocenters. The SMILES string of the molecule is CC(Nc1cccc(Cl)c1)(C(N)=O)c1cc(O)cc(O)c1. The maximum absolute atomic E-state index is 11.9. The number of hydrogen-bond acceptors (Lipinski definition) is 4. The lowest BCUT2D eigenvalue weighted by Crippen LogP contribution is -2.45. The molecule has 0 spiro atoms. The number of halogens is 1. The second-order valence-electron chi connectivity index (χ2n) is 4.86. The lowest BCUT2D eigenvalue weighted by Gasteiger charge is -2.29. The molecule has 0 aliphatic heterocycles. The van der Waals surface area contributed by atoms with E-state index >= 15 is 0 Å². The van der Waals surface area contributed by atoms with Gasteiger partial charge in [-0.3, -0.25) is 4.79 Å². The van der Waals surface area contributed by atoms with E-state index < -0.39 is 11.4 Å². The van der Waals surface area contributed by atoms with E-state index in [0.717, 1.165) is 0 Å². The minimum atomic E-state index is -1.32. The van der Waals surface area contributed by atoms with Crippen molar-refractivity contribution in [1.29, 1.82) is 0 Å². The minimum absolute atomic E-state index is 0.162. The summed E-state index contributed by atoms with van der Waals surface area (Å²) in [5.74, 6) is -0.983. The van der Waals surface area contributed by atoms with Gasteiger partial charge in [-0.15, -0.1) is 0 Å². The Labute approximate surface area is 127 Å². The Hall–Kier alpha value is -2.40. The molecule has 1 atom stereocenters. The maximum Gasteiger partial charge on any atom is 0.247 e. The van der Waals surface area contributed by atoms with Gasteiger partial charge in [0.15, 0.2) is 0 Å². The van der Waals surface area contributed by atoms with Crippen molar-refractivity contribution in [2.24, 2.45) is 5.73 Å². The van der Waals surface area contributed by atoms with Crippen LogP contribution in [-0.2, 0) is 10.3 Å². The molecule has 110 valence electrons. The first-order chi connectivity index (χ1) is 9.81. The van der Waals surface area contributed by atoms with Crippen LogP contribution in [0.4, 0.5) is 5.69 Å². The first-order valence-corrected chi connectivity index (χ1v) is 6.56. The molecule has 1 amide bonds. The Bertz CT molecular complexity index is 670. The maximum atomic E-state index is 11.9. The molecule has 2 aromatic rings. The van der Waals surface area contributed by atoms with E-state index in [0.29, 0.717) is 16.3 Å². The van der Waals surface area contributed by atoms with Gasteiger partial charge in [-0.2, -0.15) is 0 Å². The van der Waals surface area contributed by atoms with Crippen molar-refractivity contribution in [3.8, 4) is 11.5 Å². The molecule has 0 saturated heterocycles. The molecule has 0 saturated carbocycles. The minimum Gasteiger partial charge on any atom is -0.508 e. The number of phenolic OH excluding ortho intramolecular Hbond substituents is 2. The summed E-state index contributed by atoms with van der Waals surface area (Å²) in [6.07, 6.45) is 0. The van der Waals surface area contributed by atoms with E-state index in [1.165, 1.54) is 18.2 Å². The van der Waals surface area contributed by atoms with Crippen LogP contribution in [0.2, 0.25) is 5.02 Å². The number of amides is 1. The largest absolute Gasteiger partial charge is 0.508 e. The van der Waals surface area contributed by atoms with Crippen molar-refractivity contribution in [3.63, 3.8) is 0 Å². The summed E-state index contributed by atoms with van der Waals surface area (Å²) in [5.41, 5.74) is 5.10. The third kappa shape index (κ3) is 3.20. The molecule has 0 aliphatic rings. The van der Waals surface area contributed by atoms with Gasteiger partial charge in [0.2, 0.25) is 5.91 Å². The molecule has 6 heteroatoms. The summed E-state index contributed by atoms with van der Waals surface area (Å²) in [5, 5.41) is 22.7. The number of phenols is 2. The Morgan fingerprint density at radius 1 is 1.19 bits per heavy atom.